The molecule has 6 nitrogen and oxygen atoms in total. The molecule has 0 atom stereocenters. The lowest BCUT2D eigenvalue weighted by molar-refractivity contribution is -0.383. The summed E-state index contributed by atoms with van der Waals surface area (Å²) in [7, 11) is 0. The van der Waals surface area contributed by atoms with Crippen LogP contribution in [0.15, 0.2) is 18.2 Å². The molecule has 104 valence electrons. The van der Waals surface area contributed by atoms with E-state index in [0.717, 1.165) is 19.4 Å². The molecule has 1 aliphatic rings. The van der Waals surface area contributed by atoms with Crippen molar-refractivity contribution in [1.29, 1.82) is 0 Å². The number of rotatable bonds is 5. The Morgan fingerprint density at radius 2 is 2.16 bits per heavy atom. The summed E-state index contributed by atoms with van der Waals surface area (Å²) in [6.07, 6.45) is 4.60. The summed E-state index contributed by atoms with van der Waals surface area (Å²) in [5.41, 5.74) is 3.51. The Morgan fingerprint density at radius 3 is 2.68 bits per heavy atom. The van der Waals surface area contributed by atoms with Crippen molar-refractivity contribution in [2.24, 2.45) is 5.84 Å². The Balaban J connectivity index is 2.43. The number of anilines is 2. The molecule has 1 aliphatic carbocycles. The lowest BCUT2D eigenvalue weighted by Crippen LogP contribution is -2.33. The number of hydrogen-bond acceptors (Lipinski definition) is 5. The van der Waals surface area contributed by atoms with E-state index in [9.17, 15) is 10.1 Å². The second kappa shape index (κ2) is 5.88. The van der Waals surface area contributed by atoms with E-state index in [1.807, 2.05) is 6.92 Å². The number of hydrazine groups is 1. The van der Waals surface area contributed by atoms with E-state index < -0.39 is 0 Å². The Hall–Kier alpha value is -1.82. The molecule has 0 bridgehead atoms. The molecule has 1 aromatic carbocycles. The molecule has 6 heteroatoms. The van der Waals surface area contributed by atoms with Crippen molar-refractivity contribution in [2.45, 2.75) is 38.6 Å². The third-order valence-electron chi connectivity index (χ3n) is 3.77. The van der Waals surface area contributed by atoms with Crippen LogP contribution in [0, 0.1) is 10.1 Å². The van der Waals surface area contributed by atoms with Crippen LogP contribution in [0.3, 0.4) is 0 Å². The van der Waals surface area contributed by atoms with Gasteiger partial charge >= 0.3 is 5.69 Å². The first-order valence-electron chi connectivity index (χ1n) is 6.69. The highest BCUT2D eigenvalue weighted by molar-refractivity contribution is 5.77. The van der Waals surface area contributed by atoms with Crippen LogP contribution in [-0.4, -0.2) is 17.5 Å². The number of nitro groups is 1. The zero-order valence-electron chi connectivity index (χ0n) is 11.1. The molecule has 0 spiro atoms. The lowest BCUT2D eigenvalue weighted by atomic mass is 10.1. The van der Waals surface area contributed by atoms with Gasteiger partial charge in [-0.3, -0.25) is 16.0 Å². The van der Waals surface area contributed by atoms with Gasteiger partial charge in [0.25, 0.3) is 0 Å². The van der Waals surface area contributed by atoms with Crippen molar-refractivity contribution in [2.75, 3.05) is 16.9 Å². The van der Waals surface area contributed by atoms with Crippen molar-refractivity contribution in [3.63, 3.8) is 0 Å². The number of nitrogen functional groups attached to an aromatic ring is 1. The summed E-state index contributed by atoms with van der Waals surface area (Å²) < 4.78 is 0. The highest BCUT2D eigenvalue weighted by atomic mass is 16.6. The summed E-state index contributed by atoms with van der Waals surface area (Å²) >= 11 is 0. The molecule has 0 aliphatic heterocycles. The smallest absolute Gasteiger partial charge is 0.316 e. The molecule has 1 aromatic rings. The predicted octanol–water partition coefficient (Wildman–Crippen LogP) is 2.65. The van der Waals surface area contributed by atoms with Crippen molar-refractivity contribution < 1.29 is 4.92 Å². The van der Waals surface area contributed by atoms with Crippen LogP contribution in [0.5, 0.6) is 0 Å². The number of nitrogens with one attached hydrogen (secondary N) is 1. The number of nitrogens with two attached hydrogens (primary N) is 1. The summed E-state index contributed by atoms with van der Waals surface area (Å²) in [6.45, 7) is 2.80. The van der Waals surface area contributed by atoms with Gasteiger partial charge in [-0.25, -0.2) is 0 Å². The summed E-state index contributed by atoms with van der Waals surface area (Å²) in [6, 6.07) is 5.64. The minimum atomic E-state index is -0.359. The maximum Gasteiger partial charge on any atom is 0.316 e. The molecule has 0 amide bonds. The highest BCUT2D eigenvalue weighted by Gasteiger charge is 2.28. The first kappa shape index (κ1) is 13.6. The molecule has 3 N–H and O–H groups in total. The molecular formula is C13H20N4O2. The number of hydrogen-bond donors (Lipinski definition) is 2. The van der Waals surface area contributed by atoms with Gasteiger partial charge in [0.05, 0.1) is 4.92 Å². The average molecular weight is 264 g/mol. The van der Waals surface area contributed by atoms with Gasteiger partial charge in [-0.2, -0.15) is 0 Å². The number of benzene rings is 1. The number of para-hydroxylation sites is 1. The van der Waals surface area contributed by atoms with Crippen LogP contribution in [0.2, 0.25) is 0 Å². The van der Waals surface area contributed by atoms with Gasteiger partial charge in [0.1, 0.15) is 11.4 Å². The van der Waals surface area contributed by atoms with Crippen LogP contribution in [0.1, 0.15) is 32.6 Å². The monoisotopic (exact) mass is 264 g/mol. The van der Waals surface area contributed by atoms with Crippen LogP contribution in [0.4, 0.5) is 17.1 Å². The van der Waals surface area contributed by atoms with Crippen molar-refractivity contribution in [3.05, 3.63) is 28.3 Å². The van der Waals surface area contributed by atoms with Gasteiger partial charge in [0, 0.05) is 12.6 Å². The molecule has 0 aromatic heterocycles. The van der Waals surface area contributed by atoms with E-state index in [2.05, 4.69) is 10.3 Å². The Kier molecular flexibility index (Phi) is 4.21. The Morgan fingerprint density at radius 1 is 1.47 bits per heavy atom. The molecule has 0 radical (unpaired) electrons. The molecule has 0 heterocycles. The zero-order chi connectivity index (χ0) is 13.8. The van der Waals surface area contributed by atoms with Gasteiger partial charge in [0.15, 0.2) is 0 Å². The fraction of sp³-hybridized carbons (Fsp3) is 0.538. The maximum absolute atomic E-state index is 11.3. The van der Waals surface area contributed by atoms with Crippen molar-refractivity contribution in [1.82, 2.24) is 0 Å². The maximum atomic E-state index is 11.3. The highest BCUT2D eigenvalue weighted by Crippen LogP contribution is 2.38. The molecular weight excluding hydrogens is 244 g/mol. The van der Waals surface area contributed by atoms with Gasteiger partial charge in [-0.1, -0.05) is 18.9 Å². The first-order valence-corrected chi connectivity index (χ1v) is 6.69. The molecule has 1 fully saturated rings. The fourth-order valence-corrected chi connectivity index (χ4v) is 2.91. The second-order valence-corrected chi connectivity index (χ2v) is 4.80. The van der Waals surface area contributed by atoms with Crippen LogP contribution in [-0.2, 0) is 0 Å². The normalized spacial score (nSPS) is 15.5. The van der Waals surface area contributed by atoms with Gasteiger partial charge in [0.2, 0.25) is 0 Å². The van der Waals surface area contributed by atoms with Gasteiger partial charge in [-0.15, -0.1) is 0 Å². The lowest BCUT2D eigenvalue weighted by Gasteiger charge is -2.29. The van der Waals surface area contributed by atoms with Gasteiger partial charge in [-0.05, 0) is 31.9 Å². The van der Waals surface area contributed by atoms with Crippen LogP contribution < -0.4 is 16.2 Å². The SMILES string of the molecule is CCN(c1cccc(NN)c1[N+](=O)[O-])C1CCCC1. The predicted molar refractivity (Wildman–Crippen MR) is 76.2 cm³/mol. The average Bonchev–Trinajstić information content (AvgIpc) is 2.93. The minimum absolute atomic E-state index is 0.0683. The third kappa shape index (κ3) is 2.63. The van der Waals surface area contributed by atoms with Crippen LogP contribution in [0.25, 0.3) is 0 Å². The molecule has 0 saturated heterocycles. The minimum Gasteiger partial charge on any atom is -0.363 e. The summed E-state index contributed by atoms with van der Waals surface area (Å²) in [5, 5.41) is 11.3. The van der Waals surface area contributed by atoms with Gasteiger partial charge < -0.3 is 10.3 Å². The second-order valence-electron chi connectivity index (χ2n) is 4.80. The number of nitrogens with zero attached hydrogens (tertiary/aromatic N) is 2. The quantitative estimate of drug-likeness (QED) is 0.485. The van der Waals surface area contributed by atoms with E-state index >= 15 is 0 Å². The standard InChI is InChI=1S/C13H20N4O2/c1-2-16(10-6-3-4-7-10)12-9-5-8-11(15-14)13(12)17(18)19/h5,8-10,15H,2-4,6-7,14H2,1H3. The molecule has 2 rings (SSSR count). The largest absolute Gasteiger partial charge is 0.363 e. The first-order chi connectivity index (χ1) is 9.19. The molecule has 1 saturated carbocycles. The molecule has 0 unspecified atom stereocenters. The summed E-state index contributed by atoms with van der Waals surface area (Å²) in [5.74, 6) is 5.38. The number of nitro benzene ring substituents is 1. The fourth-order valence-electron chi connectivity index (χ4n) is 2.91. The van der Waals surface area contributed by atoms with Crippen molar-refractivity contribution >= 4 is 17.1 Å². The van der Waals surface area contributed by atoms with E-state index in [-0.39, 0.29) is 10.6 Å². The van der Waals surface area contributed by atoms with Crippen LogP contribution >= 0.6 is 0 Å². The third-order valence-corrected chi connectivity index (χ3v) is 3.77. The Bertz CT molecular complexity index is 458. The topological polar surface area (TPSA) is 84.4 Å². The van der Waals surface area contributed by atoms with E-state index in [1.165, 1.54) is 12.8 Å². The summed E-state index contributed by atoms with van der Waals surface area (Å²) in [4.78, 5) is 13.1. The van der Waals surface area contributed by atoms with E-state index in [0.29, 0.717) is 17.4 Å². The van der Waals surface area contributed by atoms with Crippen molar-refractivity contribution in [3.8, 4) is 0 Å². The van der Waals surface area contributed by atoms with E-state index in [1.54, 1.807) is 18.2 Å². The molecule has 19 heavy (non-hydrogen) atoms. The zero-order valence-corrected chi connectivity index (χ0v) is 11.1. The van der Waals surface area contributed by atoms with E-state index in [4.69, 9.17) is 5.84 Å². The Labute approximate surface area is 112 Å².